The van der Waals surface area contributed by atoms with Crippen LogP contribution >= 0.6 is 0 Å². The maximum atomic E-state index is 12.6. The first-order valence-electron chi connectivity index (χ1n) is 9.29. The average molecular weight is 434 g/mol. The first kappa shape index (κ1) is 20.3. The molecule has 0 saturated carbocycles. The van der Waals surface area contributed by atoms with Gasteiger partial charge in [-0.1, -0.05) is 12.1 Å². The van der Waals surface area contributed by atoms with Crippen molar-refractivity contribution in [1.82, 2.24) is 14.8 Å². The summed E-state index contributed by atoms with van der Waals surface area (Å²) >= 11 is 0. The smallest absolute Gasteiger partial charge is 0.261 e. The van der Waals surface area contributed by atoms with E-state index in [0.717, 1.165) is 0 Å². The minimum absolute atomic E-state index is 0.0126. The molecule has 4 aromatic rings. The second-order valence-electron chi connectivity index (χ2n) is 6.64. The van der Waals surface area contributed by atoms with Gasteiger partial charge in [-0.3, -0.25) is 9.52 Å². The van der Waals surface area contributed by atoms with Gasteiger partial charge in [0.05, 0.1) is 4.90 Å². The second kappa shape index (κ2) is 8.41. The third kappa shape index (κ3) is 4.78. The molecule has 2 heterocycles. The van der Waals surface area contributed by atoms with Crippen molar-refractivity contribution in [3.8, 4) is 17.4 Å². The van der Waals surface area contributed by atoms with Gasteiger partial charge >= 0.3 is 0 Å². The van der Waals surface area contributed by atoms with Crippen LogP contribution in [0.4, 0.5) is 5.69 Å². The lowest BCUT2D eigenvalue weighted by Gasteiger charge is -2.10. The predicted octanol–water partition coefficient (Wildman–Crippen LogP) is 4.06. The fourth-order valence-electron chi connectivity index (χ4n) is 2.80. The van der Waals surface area contributed by atoms with Gasteiger partial charge in [0.2, 0.25) is 5.88 Å². The van der Waals surface area contributed by atoms with Gasteiger partial charge in [0.1, 0.15) is 5.75 Å². The summed E-state index contributed by atoms with van der Waals surface area (Å²) in [7, 11) is -3.84. The Morgan fingerprint density at radius 2 is 1.68 bits per heavy atom. The van der Waals surface area contributed by atoms with E-state index in [9.17, 15) is 13.2 Å². The van der Waals surface area contributed by atoms with Crippen molar-refractivity contribution >= 4 is 21.5 Å². The molecule has 0 spiro atoms. The number of benzene rings is 2. The molecular formula is C22H18N4O4S. The van der Waals surface area contributed by atoms with Crippen molar-refractivity contribution in [3.63, 3.8) is 0 Å². The molecule has 0 fully saturated rings. The number of sulfonamides is 1. The molecule has 0 aliphatic rings. The molecule has 0 aliphatic carbocycles. The molecule has 156 valence electrons. The summed E-state index contributed by atoms with van der Waals surface area (Å²) in [5.41, 5.74) is 0.685. The fourth-order valence-corrected chi connectivity index (χ4v) is 3.90. The summed E-state index contributed by atoms with van der Waals surface area (Å²) in [5.74, 6) is 1.24. The Bertz CT molecular complexity index is 1300. The van der Waals surface area contributed by atoms with Gasteiger partial charge in [0.15, 0.2) is 11.6 Å². The quantitative estimate of drug-likeness (QED) is 0.440. The highest BCUT2D eigenvalue weighted by Gasteiger charge is 2.15. The van der Waals surface area contributed by atoms with Gasteiger partial charge in [-0.05, 0) is 61.5 Å². The van der Waals surface area contributed by atoms with E-state index in [1.807, 2.05) is 29.1 Å². The minimum atomic E-state index is -3.84. The molecule has 0 unspecified atom stereocenters. The SMILES string of the molecule is CC(=O)c1cccc(S(=O)(=O)Nc2ccc(Oc3ccc(-n4cccc4)nn3)cc2)c1. The summed E-state index contributed by atoms with van der Waals surface area (Å²) < 4.78 is 35.2. The predicted molar refractivity (Wildman–Crippen MR) is 115 cm³/mol. The Morgan fingerprint density at radius 3 is 2.32 bits per heavy atom. The minimum Gasteiger partial charge on any atom is -0.438 e. The van der Waals surface area contributed by atoms with E-state index in [1.54, 1.807) is 42.5 Å². The van der Waals surface area contributed by atoms with Crippen LogP contribution in [0.5, 0.6) is 11.6 Å². The molecule has 0 atom stereocenters. The molecule has 1 N–H and O–H groups in total. The lowest BCUT2D eigenvalue weighted by Crippen LogP contribution is -2.13. The highest BCUT2D eigenvalue weighted by atomic mass is 32.2. The molecule has 31 heavy (non-hydrogen) atoms. The van der Waals surface area contributed by atoms with Crippen LogP contribution < -0.4 is 9.46 Å². The number of nitrogens with one attached hydrogen (secondary N) is 1. The molecule has 8 nitrogen and oxygen atoms in total. The maximum absolute atomic E-state index is 12.6. The normalized spacial score (nSPS) is 11.1. The number of hydrogen-bond donors (Lipinski definition) is 1. The molecule has 9 heteroatoms. The molecular weight excluding hydrogens is 416 g/mol. The van der Waals surface area contributed by atoms with Gasteiger partial charge in [-0.15, -0.1) is 10.2 Å². The summed E-state index contributed by atoms with van der Waals surface area (Å²) in [6.45, 7) is 1.39. The Balaban J connectivity index is 1.44. The highest BCUT2D eigenvalue weighted by molar-refractivity contribution is 7.92. The van der Waals surface area contributed by atoms with E-state index < -0.39 is 10.0 Å². The van der Waals surface area contributed by atoms with Gasteiger partial charge < -0.3 is 9.30 Å². The van der Waals surface area contributed by atoms with Crippen molar-refractivity contribution < 1.29 is 17.9 Å². The Hall–Kier alpha value is -3.98. The zero-order chi connectivity index (χ0) is 21.8. The fraction of sp³-hybridized carbons (Fsp3) is 0.0455. The van der Waals surface area contributed by atoms with Crippen LogP contribution in [0.3, 0.4) is 0 Å². The third-order valence-electron chi connectivity index (χ3n) is 4.37. The Labute approximate surface area is 179 Å². The maximum Gasteiger partial charge on any atom is 0.261 e. The van der Waals surface area contributed by atoms with Crippen LogP contribution in [0.1, 0.15) is 17.3 Å². The molecule has 0 radical (unpaired) electrons. The Morgan fingerprint density at radius 1 is 0.935 bits per heavy atom. The van der Waals surface area contributed by atoms with E-state index in [4.69, 9.17) is 4.74 Å². The number of hydrogen-bond acceptors (Lipinski definition) is 6. The Kier molecular flexibility index (Phi) is 5.50. The van der Waals surface area contributed by atoms with Crippen LogP contribution in [0.15, 0.2) is 90.1 Å². The van der Waals surface area contributed by atoms with Crippen molar-refractivity contribution in [2.75, 3.05) is 4.72 Å². The number of ketones is 1. The van der Waals surface area contributed by atoms with Crippen LogP contribution in [-0.2, 0) is 10.0 Å². The molecule has 4 rings (SSSR count). The van der Waals surface area contributed by atoms with Crippen molar-refractivity contribution in [2.24, 2.45) is 0 Å². The van der Waals surface area contributed by atoms with Gasteiger partial charge in [-0.25, -0.2) is 8.42 Å². The van der Waals surface area contributed by atoms with Gasteiger partial charge in [-0.2, -0.15) is 0 Å². The van der Waals surface area contributed by atoms with Crippen LogP contribution in [0, 0.1) is 0 Å². The molecule has 0 bridgehead atoms. The van der Waals surface area contributed by atoms with Crippen LogP contribution in [0.25, 0.3) is 5.82 Å². The summed E-state index contributed by atoms with van der Waals surface area (Å²) in [4.78, 5) is 11.5. The number of Topliss-reactive ketones (excluding diaryl/α,β-unsaturated/α-hetero) is 1. The standard InChI is InChI=1S/C22H18N4O4S/c1-16(27)17-5-4-6-20(15-17)31(28,29)25-18-7-9-19(10-8-18)30-22-12-11-21(23-24-22)26-13-2-3-14-26/h2-15,25H,1H3. The van der Waals surface area contributed by atoms with Gasteiger partial charge in [0, 0.05) is 29.7 Å². The first-order valence-corrected chi connectivity index (χ1v) is 10.8. The molecule has 0 amide bonds. The summed E-state index contributed by atoms with van der Waals surface area (Å²) in [6.07, 6.45) is 3.72. The second-order valence-corrected chi connectivity index (χ2v) is 8.32. The number of aromatic nitrogens is 3. The summed E-state index contributed by atoms with van der Waals surface area (Å²) in [5, 5.41) is 8.15. The topological polar surface area (TPSA) is 103 Å². The van der Waals surface area contributed by atoms with Crippen molar-refractivity contribution in [1.29, 1.82) is 0 Å². The van der Waals surface area contributed by atoms with Gasteiger partial charge in [0.25, 0.3) is 10.0 Å². The largest absolute Gasteiger partial charge is 0.438 e. The lowest BCUT2D eigenvalue weighted by molar-refractivity contribution is 0.101. The number of carbonyl (C=O) groups is 1. The number of anilines is 1. The number of carbonyl (C=O) groups excluding carboxylic acids is 1. The van der Waals surface area contributed by atoms with E-state index in [0.29, 0.717) is 28.7 Å². The van der Waals surface area contributed by atoms with E-state index in [-0.39, 0.29) is 10.7 Å². The summed E-state index contributed by atoms with van der Waals surface area (Å²) in [6, 6.07) is 19.5. The highest BCUT2D eigenvalue weighted by Crippen LogP contribution is 2.23. The van der Waals surface area contributed by atoms with Crippen molar-refractivity contribution in [3.05, 3.63) is 90.8 Å². The number of ether oxygens (including phenoxy) is 1. The number of rotatable bonds is 7. The zero-order valence-corrected chi connectivity index (χ0v) is 17.3. The van der Waals surface area contributed by atoms with Crippen molar-refractivity contribution in [2.45, 2.75) is 11.8 Å². The van der Waals surface area contributed by atoms with E-state index >= 15 is 0 Å². The third-order valence-corrected chi connectivity index (χ3v) is 5.75. The average Bonchev–Trinajstić information content (AvgIpc) is 3.30. The monoisotopic (exact) mass is 434 g/mol. The molecule has 2 aromatic carbocycles. The molecule has 0 saturated heterocycles. The van der Waals surface area contributed by atoms with Crippen LogP contribution in [0.2, 0.25) is 0 Å². The number of nitrogens with zero attached hydrogens (tertiary/aromatic N) is 3. The first-order chi connectivity index (χ1) is 14.9. The molecule has 0 aliphatic heterocycles. The molecule has 2 aromatic heterocycles. The lowest BCUT2D eigenvalue weighted by atomic mass is 10.2. The van der Waals surface area contributed by atoms with E-state index in [1.165, 1.54) is 25.1 Å². The van der Waals surface area contributed by atoms with E-state index in [2.05, 4.69) is 14.9 Å². The van der Waals surface area contributed by atoms with Crippen LogP contribution in [-0.4, -0.2) is 29.0 Å². The zero-order valence-electron chi connectivity index (χ0n) is 16.5.